The van der Waals surface area contributed by atoms with Crippen LogP contribution in [0.1, 0.15) is 55.5 Å². The van der Waals surface area contributed by atoms with E-state index in [4.69, 9.17) is 9.73 Å². The summed E-state index contributed by atoms with van der Waals surface area (Å²) in [5, 5.41) is 16.5. The van der Waals surface area contributed by atoms with Crippen LogP contribution in [0.5, 0.6) is 0 Å². The van der Waals surface area contributed by atoms with Gasteiger partial charge in [-0.1, -0.05) is 13.8 Å². The lowest BCUT2D eigenvalue weighted by atomic mass is 10.1. The van der Waals surface area contributed by atoms with Crippen molar-refractivity contribution >= 4 is 5.96 Å². The maximum Gasteiger partial charge on any atom is 0.194 e. The van der Waals surface area contributed by atoms with Crippen molar-refractivity contribution in [2.75, 3.05) is 20.2 Å². The summed E-state index contributed by atoms with van der Waals surface area (Å²) in [5.74, 6) is 2.94. The Kier molecular flexibility index (Phi) is 6.89. The second kappa shape index (κ2) is 9.39. The Balaban J connectivity index is 1.75. The fraction of sp³-hybridized carbons (Fsp3) is 0.700. The molecule has 0 saturated carbocycles. The molecule has 1 aliphatic heterocycles. The van der Waals surface area contributed by atoms with Gasteiger partial charge in [0.2, 0.25) is 0 Å². The van der Waals surface area contributed by atoms with E-state index in [-0.39, 0.29) is 6.10 Å². The molecule has 1 N–H and O–H groups in total. The van der Waals surface area contributed by atoms with Crippen molar-refractivity contribution in [3.05, 3.63) is 29.1 Å². The molecule has 9 heteroatoms. The number of aliphatic imine (C=N–C) groups is 1. The van der Waals surface area contributed by atoms with E-state index in [0.29, 0.717) is 12.5 Å². The maximum absolute atomic E-state index is 5.76. The molecule has 0 bridgehead atoms. The van der Waals surface area contributed by atoms with Gasteiger partial charge in [-0.2, -0.15) is 5.10 Å². The van der Waals surface area contributed by atoms with Crippen LogP contribution in [0.3, 0.4) is 0 Å². The summed E-state index contributed by atoms with van der Waals surface area (Å²) < 4.78 is 9.62. The highest BCUT2D eigenvalue weighted by Gasteiger charge is 2.19. The van der Waals surface area contributed by atoms with Gasteiger partial charge in [0.15, 0.2) is 11.8 Å². The Labute approximate surface area is 173 Å². The van der Waals surface area contributed by atoms with Crippen molar-refractivity contribution in [3.8, 4) is 0 Å². The Morgan fingerprint density at radius 2 is 2.17 bits per heavy atom. The van der Waals surface area contributed by atoms with Crippen LogP contribution in [0.25, 0.3) is 0 Å². The van der Waals surface area contributed by atoms with Crippen molar-refractivity contribution in [3.63, 3.8) is 0 Å². The number of aromatic nitrogens is 5. The van der Waals surface area contributed by atoms with Gasteiger partial charge in [0.05, 0.1) is 11.8 Å². The molecule has 0 amide bonds. The Hall–Kier alpha value is -2.42. The average molecular weight is 403 g/mol. The van der Waals surface area contributed by atoms with Gasteiger partial charge in [-0.05, 0) is 25.7 Å². The topological polar surface area (TPSA) is 85.4 Å². The first-order valence-corrected chi connectivity index (χ1v) is 10.3. The van der Waals surface area contributed by atoms with E-state index in [1.807, 2.05) is 30.3 Å². The van der Waals surface area contributed by atoms with E-state index < -0.39 is 0 Å². The molecule has 0 aliphatic carbocycles. The quantitative estimate of drug-likeness (QED) is 0.561. The SMILES string of the molecule is Cc1nnc(CN=C(NCC2CCCO2)N(C)Cc2cn(C)nc2C(C)C)n1C. The van der Waals surface area contributed by atoms with Crippen LogP contribution >= 0.6 is 0 Å². The predicted molar refractivity (Wildman–Crippen MR) is 113 cm³/mol. The summed E-state index contributed by atoms with van der Waals surface area (Å²) in [7, 11) is 5.99. The minimum Gasteiger partial charge on any atom is -0.376 e. The first-order chi connectivity index (χ1) is 13.8. The van der Waals surface area contributed by atoms with Gasteiger partial charge in [-0.15, -0.1) is 10.2 Å². The molecule has 3 heterocycles. The zero-order chi connectivity index (χ0) is 21.0. The molecule has 0 aromatic carbocycles. The van der Waals surface area contributed by atoms with Crippen LogP contribution in [0.15, 0.2) is 11.2 Å². The van der Waals surface area contributed by atoms with E-state index >= 15 is 0 Å². The van der Waals surface area contributed by atoms with Crippen LogP contribution in [-0.4, -0.2) is 61.7 Å². The smallest absolute Gasteiger partial charge is 0.194 e. The molecule has 2 aromatic heterocycles. The van der Waals surface area contributed by atoms with Gasteiger partial charge >= 0.3 is 0 Å². The van der Waals surface area contributed by atoms with E-state index in [0.717, 1.165) is 55.8 Å². The standard InChI is InChI=1S/C20H34N8O/c1-14(2)19-16(13-27(5)25-19)12-26(4)20(21-10-17-8-7-9-29-17)22-11-18-24-23-15(3)28(18)6/h13-14,17H,7-12H2,1-6H3,(H,21,22). The minimum absolute atomic E-state index is 0.246. The largest absolute Gasteiger partial charge is 0.376 e. The highest BCUT2D eigenvalue weighted by atomic mass is 16.5. The molecule has 1 unspecified atom stereocenters. The lowest BCUT2D eigenvalue weighted by Gasteiger charge is -2.24. The van der Waals surface area contributed by atoms with E-state index in [2.05, 4.69) is 52.6 Å². The minimum atomic E-state index is 0.246. The van der Waals surface area contributed by atoms with Crippen LogP contribution in [0.4, 0.5) is 0 Å². The fourth-order valence-electron chi connectivity index (χ4n) is 3.55. The molecule has 3 rings (SSSR count). The van der Waals surface area contributed by atoms with E-state index in [1.165, 1.54) is 5.56 Å². The summed E-state index contributed by atoms with van der Waals surface area (Å²) in [4.78, 5) is 6.97. The molecule has 2 aromatic rings. The molecule has 0 spiro atoms. The van der Waals surface area contributed by atoms with Crippen LogP contribution < -0.4 is 5.32 Å². The van der Waals surface area contributed by atoms with Gasteiger partial charge in [-0.3, -0.25) is 4.68 Å². The van der Waals surface area contributed by atoms with E-state index in [1.54, 1.807) is 0 Å². The first-order valence-electron chi connectivity index (χ1n) is 10.3. The van der Waals surface area contributed by atoms with Crippen molar-refractivity contribution in [2.24, 2.45) is 19.1 Å². The van der Waals surface area contributed by atoms with E-state index in [9.17, 15) is 0 Å². The fourth-order valence-corrected chi connectivity index (χ4v) is 3.55. The molecule has 1 fully saturated rings. The van der Waals surface area contributed by atoms with Crippen molar-refractivity contribution in [1.82, 2.24) is 34.8 Å². The van der Waals surface area contributed by atoms with Gasteiger partial charge < -0.3 is 19.5 Å². The molecule has 1 saturated heterocycles. The van der Waals surface area contributed by atoms with Gasteiger partial charge in [-0.25, -0.2) is 4.99 Å². The monoisotopic (exact) mass is 402 g/mol. The summed E-state index contributed by atoms with van der Waals surface area (Å²) in [5.41, 5.74) is 2.34. The predicted octanol–water partition coefficient (Wildman–Crippen LogP) is 1.74. The third-order valence-corrected chi connectivity index (χ3v) is 5.32. The Morgan fingerprint density at radius 3 is 2.79 bits per heavy atom. The Morgan fingerprint density at radius 1 is 1.38 bits per heavy atom. The molecule has 29 heavy (non-hydrogen) atoms. The zero-order valence-electron chi connectivity index (χ0n) is 18.5. The highest BCUT2D eigenvalue weighted by molar-refractivity contribution is 5.79. The molecule has 1 atom stereocenters. The molecular formula is C20H34N8O. The first kappa shape index (κ1) is 21.3. The number of guanidine groups is 1. The van der Waals surface area contributed by atoms with Crippen molar-refractivity contribution in [2.45, 2.75) is 58.7 Å². The number of nitrogens with zero attached hydrogens (tertiary/aromatic N) is 7. The maximum atomic E-state index is 5.76. The molecule has 1 aliphatic rings. The number of hydrogen-bond donors (Lipinski definition) is 1. The number of hydrogen-bond acceptors (Lipinski definition) is 5. The number of aryl methyl sites for hydroxylation is 2. The van der Waals surface area contributed by atoms with Gasteiger partial charge in [0.25, 0.3) is 0 Å². The van der Waals surface area contributed by atoms with Gasteiger partial charge in [0, 0.05) is 52.6 Å². The third kappa shape index (κ3) is 5.35. The molecule has 9 nitrogen and oxygen atoms in total. The van der Waals surface area contributed by atoms with Crippen LogP contribution in [-0.2, 0) is 31.9 Å². The average Bonchev–Trinajstić information content (AvgIpc) is 3.38. The van der Waals surface area contributed by atoms with Gasteiger partial charge in [0.1, 0.15) is 12.4 Å². The lowest BCUT2D eigenvalue weighted by molar-refractivity contribution is 0.113. The third-order valence-electron chi connectivity index (χ3n) is 5.32. The zero-order valence-corrected chi connectivity index (χ0v) is 18.5. The molecule has 160 valence electrons. The Bertz CT molecular complexity index is 832. The highest BCUT2D eigenvalue weighted by Crippen LogP contribution is 2.19. The van der Waals surface area contributed by atoms with Crippen molar-refractivity contribution in [1.29, 1.82) is 0 Å². The second-order valence-electron chi connectivity index (χ2n) is 8.10. The van der Waals surface area contributed by atoms with Crippen LogP contribution in [0, 0.1) is 6.92 Å². The van der Waals surface area contributed by atoms with Crippen molar-refractivity contribution < 1.29 is 4.74 Å². The normalized spacial score (nSPS) is 17.3. The number of ether oxygens (including phenoxy) is 1. The summed E-state index contributed by atoms with van der Waals surface area (Å²) in [6.45, 7) is 9.10. The summed E-state index contributed by atoms with van der Waals surface area (Å²) in [6.07, 6.45) is 4.55. The number of rotatable bonds is 7. The molecular weight excluding hydrogens is 368 g/mol. The lowest BCUT2D eigenvalue weighted by Crippen LogP contribution is -2.42. The molecule has 0 radical (unpaired) electrons. The number of nitrogens with one attached hydrogen (secondary N) is 1. The second-order valence-corrected chi connectivity index (χ2v) is 8.10. The summed E-state index contributed by atoms with van der Waals surface area (Å²) in [6, 6.07) is 0. The van der Waals surface area contributed by atoms with Crippen LogP contribution in [0.2, 0.25) is 0 Å². The summed E-state index contributed by atoms with van der Waals surface area (Å²) >= 11 is 0.